The first-order valence-corrected chi connectivity index (χ1v) is 7.36. The van der Waals surface area contributed by atoms with Gasteiger partial charge in [0.05, 0.1) is 6.54 Å². The van der Waals surface area contributed by atoms with E-state index in [2.05, 4.69) is 24.1 Å². The van der Waals surface area contributed by atoms with E-state index in [1.165, 1.54) is 0 Å². The van der Waals surface area contributed by atoms with Crippen LogP contribution >= 0.6 is 11.6 Å². The maximum atomic E-state index is 11.7. The maximum Gasteiger partial charge on any atom is 0.241 e. The Morgan fingerprint density at radius 3 is 2.70 bits per heavy atom. The minimum Gasteiger partial charge on any atom is -0.360 e. The summed E-state index contributed by atoms with van der Waals surface area (Å²) in [4.78, 5) is 15.6. The largest absolute Gasteiger partial charge is 0.360 e. The summed E-state index contributed by atoms with van der Waals surface area (Å²) in [5.41, 5.74) is 2.11. The molecule has 0 bridgehead atoms. The molecule has 0 unspecified atom stereocenters. The van der Waals surface area contributed by atoms with Gasteiger partial charge in [-0.1, -0.05) is 31.5 Å². The molecule has 0 aliphatic carbocycles. The number of carbonyl (C=O) groups excluding carboxylic acids is 1. The van der Waals surface area contributed by atoms with Crippen LogP contribution in [0.2, 0.25) is 5.02 Å². The summed E-state index contributed by atoms with van der Waals surface area (Å²) >= 11 is 6.34. The predicted octanol–water partition coefficient (Wildman–Crippen LogP) is 2.12. The second-order valence-corrected chi connectivity index (χ2v) is 5.96. The first-order valence-electron chi connectivity index (χ1n) is 6.98. The van der Waals surface area contributed by atoms with Crippen LogP contribution in [-0.2, 0) is 11.3 Å². The molecule has 1 heterocycles. The van der Waals surface area contributed by atoms with Crippen molar-refractivity contribution in [3.05, 3.63) is 28.8 Å². The molecule has 1 fully saturated rings. The topological polar surface area (TPSA) is 35.6 Å². The van der Waals surface area contributed by atoms with Crippen molar-refractivity contribution in [3.63, 3.8) is 0 Å². The molecule has 0 radical (unpaired) electrons. The zero-order chi connectivity index (χ0) is 14.7. The lowest BCUT2D eigenvalue weighted by Gasteiger charge is -2.33. The molecule has 1 amide bonds. The Kier molecular flexibility index (Phi) is 4.89. The molecule has 110 valence electrons. The van der Waals surface area contributed by atoms with Crippen LogP contribution < -0.4 is 10.2 Å². The monoisotopic (exact) mass is 295 g/mol. The van der Waals surface area contributed by atoms with Gasteiger partial charge in [-0.05, 0) is 17.7 Å². The third-order valence-electron chi connectivity index (χ3n) is 3.56. The molecule has 1 aliphatic heterocycles. The Balaban J connectivity index is 2.07. The van der Waals surface area contributed by atoms with Gasteiger partial charge in [-0.2, -0.15) is 0 Å². The van der Waals surface area contributed by atoms with Crippen LogP contribution in [0.5, 0.6) is 0 Å². The fourth-order valence-electron chi connectivity index (χ4n) is 2.17. The number of nitrogens with one attached hydrogen (secondary N) is 1. The highest BCUT2D eigenvalue weighted by Crippen LogP contribution is 2.24. The van der Waals surface area contributed by atoms with Crippen molar-refractivity contribution in [2.45, 2.75) is 26.4 Å². The van der Waals surface area contributed by atoms with Gasteiger partial charge in [0.2, 0.25) is 5.91 Å². The van der Waals surface area contributed by atoms with Crippen LogP contribution in [-0.4, -0.2) is 43.5 Å². The molecule has 1 aliphatic rings. The highest BCUT2D eigenvalue weighted by Gasteiger charge is 2.21. The molecule has 5 heteroatoms. The lowest BCUT2D eigenvalue weighted by molar-refractivity contribution is -0.129. The molecule has 1 saturated heterocycles. The summed E-state index contributed by atoms with van der Waals surface area (Å²) in [6.45, 7) is 7.01. The smallest absolute Gasteiger partial charge is 0.241 e. The van der Waals surface area contributed by atoms with E-state index in [4.69, 9.17) is 11.6 Å². The number of benzene rings is 1. The molecular formula is C15H22ClN3O. The summed E-state index contributed by atoms with van der Waals surface area (Å²) in [5, 5.41) is 4.11. The molecule has 0 atom stereocenters. The Hall–Kier alpha value is -1.26. The molecule has 4 nitrogen and oxygen atoms in total. The molecule has 1 aromatic rings. The average Bonchev–Trinajstić information content (AvgIpc) is 2.40. The van der Waals surface area contributed by atoms with Gasteiger partial charge in [0.15, 0.2) is 0 Å². The van der Waals surface area contributed by atoms with Crippen molar-refractivity contribution in [2.75, 3.05) is 31.6 Å². The second kappa shape index (κ2) is 6.46. The number of nitrogens with zero attached hydrogens (tertiary/aromatic N) is 2. The Morgan fingerprint density at radius 1 is 1.35 bits per heavy atom. The van der Waals surface area contributed by atoms with Crippen molar-refractivity contribution in [1.29, 1.82) is 0 Å². The number of halogens is 1. The highest BCUT2D eigenvalue weighted by atomic mass is 35.5. The SMILES string of the molecule is CC(C)NCc1ccc(N2CCN(C)C(=O)C2)cc1Cl. The van der Waals surface area contributed by atoms with Crippen LogP contribution in [0.4, 0.5) is 5.69 Å². The number of hydrogen-bond acceptors (Lipinski definition) is 3. The Labute approximate surface area is 125 Å². The number of anilines is 1. The summed E-state index contributed by atoms with van der Waals surface area (Å²) in [5.74, 6) is 0.151. The standard InChI is InChI=1S/C15H22ClN3O/c1-11(2)17-9-12-4-5-13(8-14(12)16)19-7-6-18(3)15(20)10-19/h4-5,8,11,17H,6-7,9-10H2,1-3H3. The molecular weight excluding hydrogens is 274 g/mol. The molecule has 0 spiro atoms. The number of rotatable bonds is 4. The van der Waals surface area contributed by atoms with Crippen molar-refractivity contribution in [1.82, 2.24) is 10.2 Å². The summed E-state index contributed by atoms with van der Waals surface area (Å²) < 4.78 is 0. The lowest BCUT2D eigenvalue weighted by Crippen LogP contribution is -2.48. The molecule has 1 aromatic carbocycles. The van der Waals surface area contributed by atoms with Crippen LogP contribution in [0.3, 0.4) is 0 Å². The minimum absolute atomic E-state index is 0.151. The van der Waals surface area contributed by atoms with E-state index in [-0.39, 0.29) is 5.91 Å². The van der Waals surface area contributed by atoms with Crippen LogP contribution in [0.25, 0.3) is 0 Å². The van der Waals surface area contributed by atoms with Gasteiger partial charge in [0.1, 0.15) is 0 Å². The maximum absolute atomic E-state index is 11.7. The number of hydrogen-bond donors (Lipinski definition) is 1. The van der Waals surface area contributed by atoms with E-state index in [9.17, 15) is 4.79 Å². The van der Waals surface area contributed by atoms with Gasteiger partial charge < -0.3 is 15.1 Å². The normalized spacial score (nSPS) is 16.1. The molecule has 20 heavy (non-hydrogen) atoms. The molecule has 0 saturated carbocycles. The van der Waals surface area contributed by atoms with Gasteiger partial charge in [-0.25, -0.2) is 0 Å². The second-order valence-electron chi connectivity index (χ2n) is 5.55. The van der Waals surface area contributed by atoms with Crippen LogP contribution in [0, 0.1) is 0 Å². The fraction of sp³-hybridized carbons (Fsp3) is 0.533. The number of likely N-dealkylation sites (N-methyl/N-ethyl adjacent to an activating group) is 1. The molecule has 1 N–H and O–H groups in total. The van der Waals surface area contributed by atoms with Gasteiger partial charge in [0.25, 0.3) is 0 Å². The van der Waals surface area contributed by atoms with Crippen molar-refractivity contribution in [3.8, 4) is 0 Å². The predicted molar refractivity (Wildman–Crippen MR) is 83.3 cm³/mol. The summed E-state index contributed by atoms with van der Waals surface area (Å²) in [7, 11) is 1.84. The summed E-state index contributed by atoms with van der Waals surface area (Å²) in [6, 6.07) is 6.47. The van der Waals surface area contributed by atoms with Gasteiger partial charge in [-0.3, -0.25) is 4.79 Å². The number of piperazine rings is 1. The first-order chi connectivity index (χ1) is 9.47. The van der Waals surface area contributed by atoms with Crippen LogP contribution in [0.1, 0.15) is 19.4 Å². The quantitative estimate of drug-likeness (QED) is 0.924. The average molecular weight is 296 g/mol. The van der Waals surface area contributed by atoms with Crippen molar-refractivity contribution in [2.24, 2.45) is 0 Å². The van der Waals surface area contributed by atoms with E-state index >= 15 is 0 Å². The van der Waals surface area contributed by atoms with E-state index in [0.29, 0.717) is 12.6 Å². The zero-order valence-corrected chi connectivity index (χ0v) is 13.1. The van der Waals surface area contributed by atoms with Crippen LogP contribution in [0.15, 0.2) is 18.2 Å². The van der Waals surface area contributed by atoms with Crippen molar-refractivity contribution < 1.29 is 4.79 Å². The first kappa shape index (κ1) is 15.1. The van der Waals surface area contributed by atoms with Gasteiger partial charge in [0, 0.05) is 43.4 Å². The third kappa shape index (κ3) is 3.64. The number of carbonyl (C=O) groups is 1. The molecule has 0 aromatic heterocycles. The van der Waals surface area contributed by atoms with E-state index in [1.807, 2.05) is 25.2 Å². The van der Waals surface area contributed by atoms with E-state index in [0.717, 1.165) is 35.9 Å². The third-order valence-corrected chi connectivity index (χ3v) is 3.91. The van der Waals surface area contributed by atoms with E-state index in [1.54, 1.807) is 4.90 Å². The zero-order valence-electron chi connectivity index (χ0n) is 12.3. The van der Waals surface area contributed by atoms with E-state index < -0.39 is 0 Å². The van der Waals surface area contributed by atoms with Crippen molar-refractivity contribution >= 4 is 23.2 Å². The summed E-state index contributed by atoms with van der Waals surface area (Å²) in [6.07, 6.45) is 0. The minimum atomic E-state index is 0.151. The Bertz CT molecular complexity index is 490. The number of amides is 1. The fourth-order valence-corrected chi connectivity index (χ4v) is 2.41. The van der Waals surface area contributed by atoms with Gasteiger partial charge >= 0.3 is 0 Å². The lowest BCUT2D eigenvalue weighted by atomic mass is 10.1. The highest BCUT2D eigenvalue weighted by molar-refractivity contribution is 6.31. The molecule has 2 rings (SSSR count). The van der Waals surface area contributed by atoms with Gasteiger partial charge in [-0.15, -0.1) is 0 Å². The Morgan fingerprint density at radius 2 is 2.10 bits per heavy atom.